The molecule has 7 nitrogen and oxygen atoms in total. The average molecular weight is 388 g/mol. The maximum atomic E-state index is 12.6. The number of amides is 2. The number of hydrogen-bond acceptors (Lipinski definition) is 5. The summed E-state index contributed by atoms with van der Waals surface area (Å²) >= 11 is 0. The van der Waals surface area contributed by atoms with E-state index in [1.807, 2.05) is 12.1 Å². The van der Waals surface area contributed by atoms with Crippen molar-refractivity contribution >= 4 is 23.9 Å². The summed E-state index contributed by atoms with van der Waals surface area (Å²) in [7, 11) is 1.59. The fourth-order valence-corrected chi connectivity index (χ4v) is 3.11. The number of rotatable bonds is 7. The molecule has 2 rings (SSSR count). The zero-order valence-electron chi connectivity index (χ0n) is 16.6. The van der Waals surface area contributed by atoms with Crippen LogP contribution in [-0.4, -0.2) is 55.5 Å². The van der Waals surface area contributed by atoms with Gasteiger partial charge in [0.25, 0.3) is 0 Å². The van der Waals surface area contributed by atoms with Gasteiger partial charge in [0, 0.05) is 19.2 Å². The van der Waals surface area contributed by atoms with Gasteiger partial charge in [-0.3, -0.25) is 14.4 Å². The van der Waals surface area contributed by atoms with E-state index in [4.69, 9.17) is 9.47 Å². The third kappa shape index (κ3) is 6.11. The normalized spacial score (nSPS) is 17.8. The number of carbonyl (C=O) groups excluding carboxylic acids is 3. The minimum Gasteiger partial charge on any atom is -0.497 e. The smallest absolute Gasteiger partial charge is 0.310 e. The minimum absolute atomic E-state index is 0.194. The molecule has 0 radical (unpaired) electrons. The lowest BCUT2D eigenvalue weighted by Crippen LogP contribution is -2.50. The van der Waals surface area contributed by atoms with Gasteiger partial charge in [-0.15, -0.1) is 0 Å². The van der Waals surface area contributed by atoms with Crippen LogP contribution in [0.2, 0.25) is 0 Å². The fraction of sp³-hybridized carbons (Fsp3) is 0.476. The van der Waals surface area contributed by atoms with Gasteiger partial charge in [0.1, 0.15) is 11.8 Å². The summed E-state index contributed by atoms with van der Waals surface area (Å²) in [5, 5.41) is 2.68. The highest BCUT2D eigenvalue weighted by atomic mass is 16.5. The molecule has 152 valence electrons. The molecule has 1 aromatic rings. The first kappa shape index (κ1) is 21.5. The Hall–Kier alpha value is -2.83. The molecule has 0 aliphatic carbocycles. The lowest BCUT2D eigenvalue weighted by Gasteiger charge is -2.33. The van der Waals surface area contributed by atoms with E-state index in [1.165, 1.54) is 6.08 Å². The van der Waals surface area contributed by atoms with Crippen molar-refractivity contribution in [2.24, 2.45) is 5.92 Å². The summed E-state index contributed by atoms with van der Waals surface area (Å²) in [5.41, 5.74) is 0.850. The predicted molar refractivity (Wildman–Crippen MR) is 106 cm³/mol. The summed E-state index contributed by atoms with van der Waals surface area (Å²) in [4.78, 5) is 38.3. The first-order valence-corrected chi connectivity index (χ1v) is 9.52. The van der Waals surface area contributed by atoms with Crippen LogP contribution >= 0.6 is 0 Å². The van der Waals surface area contributed by atoms with Crippen molar-refractivity contribution in [3.63, 3.8) is 0 Å². The zero-order valence-corrected chi connectivity index (χ0v) is 16.6. The number of methoxy groups -OCH3 is 1. The van der Waals surface area contributed by atoms with Crippen LogP contribution in [0.15, 0.2) is 30.3 Å². The Morgan fingerprint density at radius 2 is 2.00 bits per heavy atom. The quantitative estimate of drug-likeness (QED) is 0.571. The first-order valence-electron chi connectivity index (χ1n) is 9.52. The molecule has 0 spiro atoms. The predicted octanol–water partition coefficient (Wildman–Crippen LogP) is 2.01. The summed E-state index contributed by atoms with van der Waals surface area (Å²) < 4.78 is 10.2. The zero-order chi connectivity index (χ0) is 20.5. The number of ether oxygens (including phenoxy) is 2. The van der Waals surface area contributed by atoms with E-state index in [-0.39, 0.29) is 23.7 Å². The maximum Gasteiger partial charge on any atom is 0.310 e. The molecule has 28 heavy (non-hydrogen) atoms. The Balaban J connectivity index is 1.87. The number of piperidine rings is 1. The monoisotopic (exact) mass is 388 g/mol. The van der Waals surface area contributed by atoms with Crippen molar-refractivity contribution in [1.82, 2.24) is 10.2 Å². The van der Waals surface area contributed by atoms with E-state index < -0.39 is 6.04 Å². The van der Waals surface area contributed by atoms with Crippen molar-refractivity contribution < 1.29 is 23.9 Å². The largest absolute Gasteiger partial charge is 0.497 e. The highest BCUT2D eigenvalue weighted by Gasteiger charge is 2.31. The van der Waals surface area contributed by atoms with E-state index in [0.717, 1.165) is 17.7 Å². The molecule has 0 saturated carbocycles. The molecule has 1 aliphatic heterocycles. The van der Waals surface area contributed by atoms with E-state index >= 15 is 0 Å². The number of likely N-dealkylation sites (tertiary alicyclic amines) is 1. The van der Waals surface area contributed by atoms with Crippen molar-refractivity contribution in [1.29, 1.82) is 0 Å². The molecule has 1 N–H and O–H groups in total. The molecule has 1 aliphatic rings. The molecule has 2 unspecified atom stereocenters. The second kappa shape index (κ2) is 10.5. The number of benzene rings is 1. The van der Waals surface area contributed by atoms with Gasteiger partial charge in [0.15, 0.2) is 0 Å². The highest BCUT2D eigenvalue weighted by molar-refractivity contribution is 5.95. The summed E-state index contributed by atoms with van der Waals surface area (Å²) in [6.45, 7) is 4.66. The van der Waals surface area contributed by atoms with Crippen LogP contribution in [0.3, 0.4) is 0 Å². The second-order valence-corrected chi connectivity index (χ2v) is 6.71. The Morgan fingerprint density at radius 3 is 2.64 bits per heavy atom. The molecule has 1 fully saturated rings. The molecule has 2 atom stereocenters. The van der Waals surface area contributed by atoms with Gasteiger partial charge in [-0.25, -0.2) is 0 Å². The van der Waals surface area contributed by atoms with Crippen LogP contribution in [-0.2, 0) is 19.1 Å². The number of carbonyl (C=O) groups is 3. The molecule has 2 amide bonds. The van der Waals surface area contributed by atoms with Crippen molar-refractivity contribution in [2.75, 3.05) is 26.8 Å². The number of nitrogens with one attached hydrogen (secondary N) is 1. The van der Waals surface area contributed by atoms with Crippen molar-refractivity contribution in [2.45, 2.75) is 32.7 Å². The van der Waals surface area contributed by atoms with E-state index in [1.54, 1.807) is 44.1 Å². The topological polar surface area (TPSA) is 84.9 Å². The van der Waals surface area contributed by atoms with Gasteiger partial charge >= 0.3 is 5.97 Å². The minimum atomic E-state index is -0.672. The van der Waals surface area contributed by atoms with E-state index in [2.05, 4.69) is 5.32 Å². The molecule has 1 aromatic carbocycles. The van der Waals surface area contributed by atoms with Gasteiger partial charge in [0.05, 0.1) is 19.6 Å². The average Bonchev–Trinajstić information content (AvgIpc) is 2.72. The number of hydrogen-bond donors (Lipinski definition) is 1. The summed E-state index contributed by atoms with van der Waals surface area (Å²) in [6, 6.07) is 6.61. The van der Waals surface area contributed by atoms with Gasteiger partial charge in [-0.05, 0) is 50.5 Å². The molecule has 1 heterocycles. The Morgan fingerprint density at radius 1 is 1.29 bits per heavy atom. The third-order valence-electron chi connectivity index (χ3n) is 4.63. The summed E-state index contributed by atoms with van der Waals surface area (Å²) in [6.07, 6.45) is 4.52. The van der Waals surface area contributed by atoms with Crippen LogP contribution in [0, 0.1) is 5.92 Å². The van der Waals surface area contributed by atoms with E-state index in [9.17, 15) is 14.4 Å². The lowest BCUT2D eigenvalue weighted by atomic mass is 9.97. The van der Waals surface area contributed by atoms with Gasteiger partial charge < -0.3 is 19.7 Å². The Bertz CT molecular complexity index is 714. The summed E-state index contributed by atoms with van der Waals surface area (Å²) in [5.74, 6) is -0.367. The maximum absolute atomic E-state index is 12.6. The van der Waals surface area contributed by atoms with Crippen molar-refractivity contribution in [3.8, 4) is 5.75 Å². The standard InChI is InChI=1S/C21H28N2O5/c1-4-28-21(26)17-6-5-13-23(14-17)20(25)15(2)22-19(24)12-9-16-7-10-18(27-3)11-8-16/h7-12,15,17H,4-6,13-14H2,1-3H3,(H,22,24)/b12-9+. The lowest BCUT2D eigenvalue weighted by molar-refractivity contribution is -0.151. The Labute approximate surface area is 165 Å². The fourth-order valence-electron chi connectivity index (χ4n) is 3.11. The van der Waals surface area contributed by atoms with Crippen molar-refractivity contribution in [3.05, 3.63) is 35.9 Å². The highest BCUT2D eigenvalue weighted by Crippen LogP contribution is 2.18. The molecule has 1 saturated heterocycles. The van der Waals surface area contributed by atoms with Crippen LogP contribution in [0.5, 0.6) is 5.75 Å². The SMILES string of the molecule is CCOC(=O)C1CCCN(C(=O)C(C)NC(=O)/C=C/c2ccc(OC)cc2)C1. The van der Waals surface area contributed by atoms with Gasteiger partial charge in [-0.2, -0.15) is 0 Å². The third-order valence-corrected chi connectivity index (χ3v) is 4.63. The molecule has 7 heteroatoms. The van der Waals surface area contributed by atoms with Crippen LogP contribution < -0.4 is 10.1 Å². The molecule has 0 aromatic heterocycles. The molecule has 0 bridgehead atoms. The molecular weight excluding hydrogens is 360 g/mol. The van der Waals surface area contributed by atoms with E-state index in [0.29, 0.717) is 26.1 Å². The first-order chi connectivity index (χ1) is 13.4. The number of esters is 1. The Kier molecular flexibility index (Phi) is 8.04. The van der Waals surface area contributed by atoms with Crippen LogP contribution in [0.1, 0.15) is 32.3 Å². The van der Waals surface area contributed by atoms with Crippen LogP contribution in [0.25, 0.3) is 6.08 Å². The number of nitrogens with zero attached hydrogens (tertiary/aromatic N) is 1. The van der Waals surface area contributed by atoms with Gasteiger partial charge in [0.2, 0.25) is 11.8 Å². The van der Waals surface area contributed by atoms with Gasteiger partial charge in [-0.1, -0.05) is 12.1 Å². The second-order valence-electron chi connectivity index (χ2n) is 6.71. The molecular formula is C21H28N2O5. The van der Waals surface area contributed by atoms with Crippen LogP contribution in [0.4, 0.5) is 0 Å².